The molecule has 258 valence electrons. The SMILES string of the molecule is c1ccc(N(c2ccccc2)c2ccc3c(c2)oc2c(-c4ccc5ccc6c(c5c4)-c4ccccc4C6(c4ccccc4)c4ccccc4)cccc23)cc1. The largest absolute Gasteiger partial charge is 0.455 e. The predicted octanol–water partition coefficient (Wildman–Crippen LogP) is 14.2. The van der Waals surface area contributed by atoms with Gasteiger partial charge in [-0.25, -0.2) is 0 Å². The van der Waals surface area contributed by atoms with Crippen molar-refractivity contribution >= 4 is 49.8 Å². The van der Waals surface area contributed by atoms with E-state index in [9.17, 15) is 0 Å². The summed E-state index contributed by atoms with van der Waals surface area (Å²) in [6.45, 7) is 0. The lowest BCUT2D eigenvalue weighted by Crippen LogP contribution is -2.28. The van der Waals surface area contributed by atoms with Crippen LogP contribution in [0, 0.1) is 0 Å². The maximum Gasteiger partial charge on any atom is 0.143 e. The molecule has 0 saturated carbocycles. The molecule has 1 aromatic heterocycles. The van der Waals surface area contributed by atoms with Crippen molar-refractivity contribution in [1.82, 2.24) is 0 Å². The zero-order chi connectivity index (χ0) is 36.3. The van der Waals surface area contributed by atoms with E-state index in [1.807, 2.05) is 0 Å². The second-order valence-electron chi connectivity index (χ2n) is 14.4. The third-order valence-corrected chi connectivity index (χ3v) is 11.5. The van der Waals surface area contributed by atoms with E-state index < -0.39 is 5.41 Å². The molecule has 9 aromatic carbocycles. The summed E-state index contributed by atoms with van der Waals surface area (Å²) in [5.74, 6) is 0. The second-order valence-corrected chi connectivity index (χ2v) is 14.4. The highest BCUT2D eigenvalue weighted by atomic mass is 16.3. The summed E-state index contributed by atoms with van der Waals surface area (Å²) in [7, 11) is 0. The van der Waals surface area contributed by atoms with Gasteiger partial charge in [0.05, 0.1) is 5.41 Å². The number of hydrogen-bond acceptors (Lipinski definition) is 2. The van der Waals surface area contributed by atoms with E-state index >= 15 is 0 Å². The van der Waals surface area contributed by atoms with Crippen LogP contribution in [0.2, 0.25) is 0 Å². The molecule has 0 unspecified atom stereocenters. The first kappa shape index (κ1) is 31.4. The molecule has 0 aliphatic heterocycles. The Bertz CT molecular complexity index is 2940. The van der Waals surface area contributed by atoms with Gasteiger partial charge in [0.15, 0.2) is 0 Å². The second kappa shape index (κ2) is 12.5. The van der Waals surface area contributed by atoms with E-state index in [0.717, 1.165) is 50.1 Å². The quantitative estimate of drug-likeness (QED) is 0.172. The lowest BCUT2D eigenvalue weighted by atomic mass is 9.67. The van der Waals surface area contributed by atoms with Gasteiger partial charge in [-0.15, -0.1) is 0 Å². The van der Waals surface area contributed by atoms with Gasteiger partial charge in [0.1, 0.15) is 11.2 Å². The van der Waals surface area contributed by atoms with Crippen LogP contribution in [0.5, 0.6) is 0 Å². The van der Waals surface area contributed by atoms with E-state index in [1.54, 1.807) is 0 Å². The fourth-order valence-electron chi connectivity index (χ4n) is 9.18. The Hall–Kier alpha value is -7.16. The van der Waals surface area contributed by atoms with Gasteiger partial charge in [-0.05, 0) is 92.2 Å². The van der Waals surface area contributed by atoms with Gasteiger partial charge in [-0.2, -0.15) is 0 Å². The summed E-state index contributed by atoms with van der Waals surface area (Å²) in [6, 6.07) is 76.7. The summed E-state index contributed by atoms with van der Waals surface area (Å²) >= 11 is 0. The Balaban J connectivity index is 1.11. The van der Waals surface area contributed by atoms with Crippen molar-refractivity contribution < 1.29 is 4.42 Å². The molecule has 0 N–H and O–H groups in total. The fourth-order valence-corrected chi connectivity index (χ4v) is 9.18. The highest BCUT2D eigenvalue weighted by Crippen LogP contribution is 2.58. The minimum atomic E-state index is -0.442. The molecule has 0 radical (unpaired) electrons. The van der Waals surface area contributed by atoms with E-state index in [1.165, 1.54) is 44.2 Å². The Morgan fingerprint density at radius 3 is 1.67 bits per heavy atom. The minimum Gasteiger partial charge on any atom is -0.455 e. The molecule has 1 aliphatic rings. The molecule has 10 aromatic rings. The lowest BCUT2D eigenvalue weighted by Gasteiger charge is -2.33. The standard InChI is InChI=1S/C53H35NO/c1-5-16-38(17-6-1)53(39-18-7-2-8-19-39)48-27-14-13-24-46(48)51-47-34-37(29-28-36(47)30-33-49(51)53)43-25-15-26-45-44-32-31-42(35-50(44)55-52(43)45)54(40-20-9-3-10-21-40)41-22-11-4-12-23-41/h1-35H. The number of nitrogens with zero attached hydrogens (tertiary/aromatic N) is 1. The van der Waals surface area contributed by atoms with Gasteiger partial charge < -0.3 is 9.32 Å². The summed E-state index contributed by atoms with van der Waals surface area (Å²) in [5.41, 5.74) is 14.5. The van der Waals surface area contributed by atoms with Crippen LogP contribution >= 0.6 is 0 Å². The molecule has 1 heterocycles. The summed E-state index contributed by atoms with van der Waals surface area (Å²) in [5, 5.41) is 4.68. The smallest absolute Gasteiger partial charge is 0.143 e. The third-order valence-electron chi connectivity index (χ3n) is 11.5. The highest BCUT2D eigenvalue weighted by Gasteiger charge is 2.46. The Labute approximate surface area is 320 Å². The minimum absolute atomic E-state index is 0.442. The van der Waals surface area contributed by atoms with Gasteiger partial charge in [-0.1, -0.05) is 164 Å². The van der Waals surface area contributed by atoms with Crippen molar-refractivity contribution in [1.29, 1.82) is 0 Å². The molecule has 0 amide bonds. The Kier molecular flexibility index (Phi) is 7.11. The molecule has 0 saturated heterocycles. The molecule has 55 heavy (non-hydrogen) atoms. The molecule has 11 rings (SSSR count). The van der Waals surface area contributed by atoms with Crippen molar-refractivity contribution in [3.8, 4) is 22.3 Å². The Morgan fingerprint density at radius 2 is 0.982 bits per heavy atom. The molecule has 2 nitrogen and oxygen atoms in total. The highest BCUT2D eigenvalue weighted by molar-refractivity contribution is 6.12. The molecule has 0 fully saturated rings. The average Bonchev–Trinajstić information content (AvgIpc) is 3.79. The lowest BCUT2D eigenvalue weighted by molar-refractivity contribution is 0.670. The van der Waals surface area contributed by atoms with Crippen LogP contribution in [0.1, 0.15) is 22.3 Å². The van der Waals surface area contributed by atoms with Crippen LogP contribution in [0.3, 0.4) is 0 Å². The number of anilines is 3. The predicted molar refractivity (Wildman–Crippen MR) is 229 cm³/mol. The van der Waals surface area contributed by atoms with E-state index in [-0.39, 0.29) is 0 Å². The summed E-state index contributed by atoms with van der Waals surface area (Å²) in [6.07, 6.45) is 0. The van der Waals surface area contributed by atoms with Crippen LogP contribution in [0.25, 0.3) is 55.0 Å². The van der Waals surface area contributed by atoms with Crippen LogP contribution in [-0.2, 0) is 5.41 Å². The van der Waals surface area contributed by atoms with Crippen molar-refractivity contribution in [3.63, 3.8) is 0 Å². The zero-order valence-corrected chi connectivity index (χ0v) is 30.1. The van der Waals surface area contributed by atoms with Gasteiger partial charge in [-0.3, -0.25) is 0 Å². The monoisotopic (exact) mass is 701 g/mol. The topological polar surface area (TPSA) is 16.4 Å². The van der Waals surface area contributed by atoms with Gasteiger partial charge >= 0.3 is 0 Å². The van der Waals surface area contributed by atoms with E-state index in [4.69, 9.17) is 4.42 Å². The molecule has 2 heteroatoms. The van der Waals surface area contributed by atoms with Crippen LogP contribution in [0.4, 0.5) is 17.1 Å². The van der Waals surface area contributed by atoms with Gasteiger partial charge in [0.2, 0.25) is 0 Å². The number of fused-ring (bicyclic) bond motifs is 8. The number of hydrogen-bond donors (Lipinski definition) is 0. The van der Waals surface area contributed by atoms with Crippen molar-refractivity contribution in [2.24, 2.45) is 0 Å². The van der Waals surface area contributed by atoms with Gasteiger partial charge in [0.25, 0.3) is 0 Å². The molecule has 1 aliphatic carbocycles. The van der Waals surface area contributed by atoms with Gasteiger partial charge in [0, 0.05) is 39.5 Å². The zero-order valence-electron chi connectivity index (χ0n) is 30.1. The molecule has 0 bridgehead atoms. The number of rotatable bonds is 6. The number of benzene rings is 9. The first-order chi connectivity index (χ1) is 27.3. The van der Waals surface area contributed by atoms with Crippen molar-refractivity contribution in [2.75, 3.05) is 4.90 Å². The third kappa shape index (κ3) is 4.75. The molecule has 0 atom stereocenters. The maximum atomic E-state index is 6.88. The maximum absolute atomic E-state index is 6.88. The first-order valence-corrected chi connectivity index (χ1v) is 18.9. The average molecular weight is 702 g/mol. The number of para-hydroxylation sites is 3. The van der Waals surface area contributed by atoms with E-state index in [0.29, 0.717) is 0 Å². The molecular weight excluding hydrogens is 667 g/mol. The fraction of sp³-hybridized carbons (Fsp3) is 0.0189. The molecule has 0 spiro atoms. The van der Waals surface area contributed by atoms with Crippen LogP contribution in [0.15, 0.2) is 217 Å². The molecular formula is C53H35NO. The van der Waals surface area contributed by atoms with Crippen LogP contribution in [-0.4, -0.2) is 0 Å². The van der Waals surface area contributed by atoms with Crippen molar-refractivity contribution in [3.05, 3.63) is 235 Å². The van der Waals surface area contributed by atoms with Crippen molar-refractivity contribution in [2.45, 2.75) is 5.41 Å². The van der Waals surface area contributed by atoms with Crippen LogP contribution < -0.4 is 4.90 Å². The Morgan fingerprint density at radius 1 is 0.382 bits per heavy atom. The van der Waals surface area contributed by atoms with E-state index in [2.05, 4.69) is 217 Å². The normalized spacial score (nSPS) is 12.9. The number of furan rings is 1. The summed E-state index contributed by atoms with van der Waals surface area (Å²) < 4.78 is 6.88. The summed E-state index contributed by atoms with van der Waals surface area (Å²) in [4.78, 5) is 2.28. The first-order valence-electron chi connectivity index (χ1n) is 18.9.